The summed E-state index contributed by atoms with van der Waals surface area (Å²) < 4.78 is 16.7. The third-order valence-corrected chi connectivity index (χ3v) is 10.9. The fraction of sp³-hybridized carbons (Fsp3) is 0.644. The first-order valence-corrected chi connectivity index (χ1v) is 26.5. The summed E-state index contributed by atoms with van der Waals surface area (Å²) in [6.07, 6.45) is 70.6. The first-order valence-electron chi connectivity index (χ1n) is 26.5. The number of hydrogen-bond acceptors (Lipinski definition) is 6. The predicted octanol–water partition coefficient (Wildman–Crippen LogP) is 17.5. The van der Waals surface area contributed by atoms with Crippen LogP contribution in [0.1, 0.15) is 226 Å². The minimum Gasteiger partial charge on any atom is -0.462 e. The highest BCUT2D eigenvalue weighted by molar-refractivity contribution is 5.71. The molecule has 6 heteroatoms. The van der Waals surface area contributed by atoms with Gasteiger partial charge in [-0.3, -0.25) is 14.4 Å². The van der Waals surface area contributed by atoms with Crippen molar-refractivity contribution >= 4 is 17.9 Å². The summed E-state index contributed by atoms with van der Waals surface area (Å²) in [5.41, 5.74) is 0. The molecule has 0 spiro atoms. The van der Waals surface area contributed by atoms with Crippen LogP contribution in [0.3, 0.4) is 0 Å². The summed E-state index contributed by atoms with van der Waals surface area (Å²) in [7, 11) is 0. The maximum atomic E-state index is 12.8. The summed E-state index contributed by atoms with van der Waals surface area (Å²) in [5.74, 6) is -0.984. The number of unbranched alkanes of at least 4 members (excludes halogenated alkanes) is 23. The molecule has 0 fully saturated rings. The molecule has 368 valence electrons. The van der Waals surface area contributed by atoms with E-state index in [0.29, 0.717) is 19.3 Å². The highest BCUT2D eigenvalue weighted by Crippen LogP contribution is 2.13. The van der Waals surface area contributed by atoms with Crippen molar-refractivity contribution in [1.29, 1.82) is 0 Å². The maximum Gasteiger partial charge on any atom is 0.306 e. The zero-order valence-electron chi connectivity index (χ0n) is 42.0. The van der Waals surface area contributed by atoms with Gasteiger partial charge in [-0.15, -0.1) is 0 Å². The normalized spacial score (nSPS) is 13.0. The van der Waals surface area contributed by atoms with Gasteiger partial charge in [-0.05, 0) is 89.9 Å². The molecular weight excluding hydrogens is 805 g/mol. The van der Waals surface area contributed by atoms with Gasteiger partial charge >= 0.3 is 17.9 Å². The molecule has 0 radical (unpaired) electrons. The van der Waals surface area contributed by atoms with Crippen molar-refractivity contribution in [1.82, 2.24) is 0 Å². The van der Waals surface area contributed by atoms with E-state index in [2.05, 4.69) is 130 Å². The molecule has 6 nitrogen and oxygen atoms in total. The summed E-state index contributed by atoms with van der Waals surface area (Å²) >= 11 is 0. The summed E-state index contributed by atoms with van der Waals surface area (Å²) in [4.78, 5) is 38.0. The molecule has 0 saturated carbocycles. The molecule has 0 aromatic heterocycles. The van der Waals surface area contributed by atoms with Crippen LogP contribution in [0.25, 0.3) is 0 Å². The van der Waals surface area contributed by atoms with Gasteiger partial charge in [0.25, 0.3) is 0 Å². The van der Waals surface area contributed by atoms with Crippen LogP contribution >= 0.6 is 0 Å². The van der Waals surface area contributed by atoms with Gasteiger partial charge in [0, 0.05) is 19.3 Å². The van der Waals surface area contributed by atoms with E-state index < -0.39 is 6.10 Å². The Labute approximate surface area is 400 Å². The van der Waals surface area contributed by atoms with Crippen LogP contribution < -0.4 is 0 Å². The highest BCUT2D eigenvalue weighted by Gasteiger charge is 2.19. The van der Waals surface area contributed by atoms with Gasteiger partial charge in [0.15, 0.2) is 6.10 Å². The van der Waals surface area contributed by atoms with Gasteiger partial charge in [-0.25, -0.2) is 0 Å². The molecule has 1 unspecified atom stereocenters. The van der Waals surface area contributed by atoms with E-state index in [1.807, 2.05) is 0 Å². The van der Waals surface area contributed by atoms with E-state index in [9.17, 15) is 14.4 Å². The molecule has 0 heterocycles. The van der Waals surface area contributed by atoms with Crippen LogP contribution in [-0.2, 0) is 28.6 Å². The molecule has 0 bridgehead atoms. The monoisotopic (exact) mass is 901 g/mol. The Hall–Kier alpha value is -3.93. The van der Waals surface area contributed by atoms with Crippen molar-refractivity contribution in [2.24, 2.45) is 0 Å². The van der Waals surface area contributed by atoms with Crippen molar-refractivity contribution in [2.75, 3.05) is 13.2 Å². The van der Waals surface area contributed by atoms with Crippen LogP contribution in [0.4, 0.5) is 0 Å². The average Bonchev–Trinajstić information content (AvgIpc) is 3.30. The minimum absolute atomic E-state index is 0.110. The molecule has 0 N–H and O–H groups in total. The predicted molar refractivity (Wildman–Crippen MR) is 279 cm³/mol. The van der Waals surface area contributed by atoms with E-state index in [1.165, 1.54) is 64.2 Å². The van der Waals surface area contributed by atoms with Crippen molar-refractivity contribution in [3.05, 3.63) is 109 Å². The van der Waals surface area contributed by atoms with Gasteiger partial charge in [0.2, 0.25) is 0 Å². The first kappa shape index (κ1) is 61.1. The first-order chi connectivity index (χ1) is 32.0. The second-order valence-electron chi connectivity index (χ2n) is 17.3. The molecule has 1 atom stereocenters. The van der Waals surface area contributed by atoms with Gasteiger partial charge in [0.1, 0.15) is 13.2 Å². The van der Waals surface area contributed by atoms with Crippen LogP contribution in [0, 0.1) is 0 Å². The molecule has 0 aromatic rings. The summed E-state index contributed by atoms with van der Waals surface area (Å²) in [6, 6.07) is 0. The largest absolute Gasteiger partial charge is 0.462 e. The molecule has 0 rings (SSSR count). The Balaban J connectivity index is 4.50. The topological polar surface area (TPSA) is 78.9 Å². The number of allylic oxidation sites excluding steroid dienone is 18. The smallest absolute Gasteiger partial charge is 0.306 e. The van der Waals surface area contributed by atoms with Crippen molar-refractivity contribution < 1.29 is 28.6 Å². The van der Waals surface area contributed by atoms with E-state index in [1.54, 1.807) is 0 Å². The molecular formula is C59H96O6. The van der Waals surface area contributed by atoms with E-state index >= 15 is 0 Å². The fourth-order valence-electron chi connectivity index (χ4n) is 6.84. The standard InChI is InChI=1S/C59H96O6/c1-4-7-10-13-16-19-22-24-26-28-30-32-34-37-40-43-46-49-52-58(61)64-55-56(54-63-57(60)51-48-45-42-39-36-21-18-15-12-9-6-3)65-59(62)53-50-47-44-41-38-35-33-31-29-27-25-23-20-17-14-11-8-5-2/h15-16,18-19,21-33,36,56H,4-14,17,20,34-35,37-55H2,1-3H3/b18-15-,19-16-,24-22-,25-23-,28-26-,29-27-,32-30-,33-31-,36-21-. The lowest BCUT2D eigenvalue weighted by molar-refractivity contribution is -0.167. The quantitative estimate of drug-likeness (QED) is 0.0262. The van der Waals surface area contributed by atoms with Gasteiger partial charge in [-0.1, -0.05) is 226 Å². The molecule has 0 aliphatic carbocycles. The number of hydrogen-bond donors (Lipinski definition) is 0. The molecule has 0 aliphatic heterocycles. The molecule has 0 saturated heterocycles. The number of ether oxygens (including phenoxy) is 3. The maximum absolute atomic E-state index is 12.8. The number of esters is 3. The third-order valence-electron chi connectivity index (χ3n) is 10.9. The van der Waals surface area contributed by atoms with Crippen LogP contribution in [0.15, 0.2) is 109 Å². The Bertz CT molecular complexity index is 1360. The van der Waals surface area contributed by atoms with E-state index in [4.69, 9.17) is 14.2 Å². The van der Waals surface area contributed by atoms with Crippen LogP contribution in [0.2, 0.25) is 0 Å². The summed E-state index contributed by atoms with van der Waals surface area (Å²) in [6.45, 7) is 6.46. The number of carbonyl (C=O) groups is 3. The Morgan fingerprint density at radius 3 is 0.969 bits per heavy atom. The van der Waals surface area contributed by atoms with Crippen molar-refractivity contribution in [2.45, 2.75) is 232 Å². The zero-order chi connectivity index (χ0) is 47.2. The SMILES string of the molecule is CCCC/C=C\C=C/CCCCCC(=O)OCC(COC(=O)CCCCCCC\C=C/C=C\C=C/C=C\CCCCC)OC(=O)CCCCCCC\C=C/C=C\C=C/CCCCCCC. The number of carbonyl (C=O) groups excluding carboxylic acids is 3. The molecule has 65 heavy (non-hydrogen) atoms. The van der Waals surface area contributed by atoms with Gasteiger partial charge < -0.3 is 14.2 Å². The third kappa shape index (κ3) is 50.9. The molecule has 0 amide bonds. The average molecular weight is 901 g/mol. The number of rotatable bonds is 46. The van der Waals surface area contributed by atoms with Crippen molar-refractivity contribution in [3.63, 3.8) is 0 Å². The second kappa shape index (κ2) is 52.7. The lowest BCUT2D eigenvalue weighted by Crippen LogP contribution is -2.30. The Morgan fingerprint density at radius 2 is 0.569 bits per heavy atom. The Morgan fingerprint density at radius 1 is 0.308 bits per heavy atom. The van der Waals surface area contributed by atoms with Crippen LogP contribution in [0.5, 0.6) is 0 Å². The highest BCUT2D eigenvalue weighted by atomic mass is 16.6. The van der Waals surface area contributed by atoms with Crippen molar-refractivity contribution in [3.8, 4) is 0 Å². The van der Waals surface area contributed by atoms with E-state index in [0.717, 1.165) is 122 Å². The minimum atomic E-state index is -0.811. The summed E-state index contributed by atoms with van der Waals surface area (Å²) in [5, 5.41) is 0. The molecule has 0 aliphatic rings. The van der Waals surface area contributed by atoms with Crippen LogP contribution in [-0.4, -0.2) is 37.2 Å². The lowest BCUT2D eigenvalue weighted by atomic mass is 10.1. The van der Waals surface area contributed by atoms with E-state index in [-0.39, 0.29) is 31.1 Å². The van der Waals surface area contributed by atoms with Gasteiger partial charge in [-0.2, -0.15) is 0 Å². The zero-order valence-corrected chi connectivity index (χ0v) is 42.0. The molecule has 0 aromatic carbocycles. The Kier molecular flexibility index (Phi) is 49.5. The van der Waals surface area contributed by atoms with Gasteiger partial charge in [0.05, 0.1) is 0 Å². The lowest BCUT2D eigenvalue weighted by Gasteiger charge is -2.18. The fourth-order valence-corrected chi connectivity index (χ4v) is 6.84. The second-order valence-corrected chi connectivity index (χ2v) is 17.3.